The molecule has 0 unspecified atom stereocenters. The molecule has 0 saturated carbocycles. The molecule has 1 aromatic rings. The Kier molecular flexibility index (Phi) is 9.71. The molecule has 0 aromatic carbocycles. The van der Waals surface area contributed by atoms with Crippen molar-refractivity contribution in [1.29, 1.82) is 0 Å². The van der Waals surface area contributed by atoms with Crippen LogP contribution in [0, 0.1) is 5.92 Å². The van der Waals surface area contributed by atoms with Crippen molar-refractivity contribution < 1.29 is 9.59 Å². The van der Waals surface area contributed by atoms with Gasteiger partial charge in [0.25, 0.3) is 5.91 Å². The van der Waals surface area contributed by atoms with Crippen LogP contribution in [0.15, 0.2) is 12.1 Å². The standard InChI is InChI=1S/C22H35N3O2S/c1-4-5-11-23-12-8-13-24-21(26)18(14-16(2)3)25-22(27)20-15-17-9-6-7-10-19(17)28-20/h6,9,15-16,18,23H,4-5,7-8,10-14H2,1-3H3,(H,24,26)(H,25,27)/t18-/m0/s1. The average Bonchev–Trinajstić information content (AvgIpc) is 3.10. The van der Waals surface area contributed by atoms with Crippen molar-refractivity contribution in [3.8, 4) is 0 Å². The molecule has 6 heteroatoms. The zero-order valence-corrected chi connectivity index (χ0v) is 18.3. The molecule has 0 aliphatic heterocycles. The zero-order valence-electron chi connectivity index (χ0n) is 17.5. The summed E-state index contributed by atoms with van der Waals surface area (Å²) in [6, 6.07) is 1.45. The van der Waals surface area contributed by atoms with Crippen LogP contribution in [0.4, 0.5) is 0 Å². The van der Waals surface area contributed by atoms with Gasteiger partial charge in [0.2, 0.25) is 5.91 Å². The van der Waals surface area contributed by atoms with Crippen molar-refractivity contribution >= 4 is 29.2 Å². The van der Waals surface area contributed by atoms with Crippen molar-refractivity contribution in [3.63, 3.8) is 0 Å². The van der Waals surface area contributed by atoms with E-state index in [-0.39, 0.29) is 11.8 Å². The van der Waals surface area contributed by atoms with Crippen molar-refractivity contribution in [2.45, 2.75) is 65.3 Å². The lowest BCUT2D eigenvalue weighted by atomic mass is 10.0. The number of allylic oxidation sites excluding steroid dienone is 1. The first-order chi connectivity index (χ1) is 13.5. The number of unbranched alkanes of at least 4 members (excludes halogenated alkanes) is 1. The minimum absolute atomic E-state index is 0.0863. The maximum atomic E-state index is 12.7. The smallest absolute Gasteiger partial charge is 0.262 e. The molecule has 5 nitrogen and oxygen atoms in total. The van der Waals surface area contributed by atoms with E-state index in [1.807, 2.05) is 6.07 Å². The van der Waals surface area contributed by atoms with Gasteiger partial charge in [0.15, 0.2) is 0 Å². The van der Waals surface area contributed by atoms with Crippen LogP contribution < -0.4 is 16.0 Å². The Morgan fingerprint density at radius 1 is 1.18 bits per heavy atom. The number of amides is 2. The second kappa shape index (κ2) is 12.0. The lowest BCUT2D eigenvalue weighted by Gasteiger charge is -2.20. The summed E-state index contributed by atoms with van der Waals surface area (Å²) >= 11 is 1.54. The number of aryl methyl sites for hydroxylation is 1. The minimum Gasteiger partial charge on any atom is -0.354 e. The molecule has 2 rings (SSSR count). The number of rotatable bonds is 12. The van der Waals surface area contributed by atoms with E-state index in [9.17, 15) is 9.59 Å². The maximum Gasteiger partial charge on any atom is 0.262 e. The molecule has 1 aliphatic carbocycles. The van der Waals surface area contributed by atoms with E-state index in [0.29, 0.717) is 23.8 Å². The summed E-state index contributed by atoms with van der Waals surface area (Å²) in [6.45, 7) is 8.86. The Hall–Kier alpha value is -1.66. The number of fused-ring (bicyclic) bond motifs is 1. The number of hydrogen-bond acceptors (Lipinski definition) is 4. The van der Waals surface area contributed by atoms with Crippen molar-refractivity contribution in [2.24, 2.45) is 5.92 Å². The van der Waals surface area contributed by atoms with Gasteiger partial charge in [-0.2, -0.15) is 0 Å². The van der Waals surface area contributed by atoms with Crippen LogP contribution in [0.3, 0.4) is 0 Å². The van der Waals surface area contributed by atoms with Gasteiger partial charge in [0.05, 0.1) is 4.88 Å². The molecule has 1 aromatic heterocycles. The van der Waals surface area contributed by atoms with E-state index in [0.717, 1.165) is 37.9 Å². The van der Waals surface area contributed by atoms with Crippen LogP contribution in [0.25, 0.3) is 6.08 Å². The quantitative estimate of drug-likeness (QED) is 0.464. The third-order valence-corrected chi connectivity index (χ3v) is 5.98. The molecule has 28 heavy (non-hydrogen) atoms. The molecule has 2 amide bonds. The van der Waals surface area contributed by atoms with Crippen LogP contribution >= 0.6 is 11.3 Å². The van der Waals surface area contributed by atoms with Gasteiger partial charge in [-0.25, -0.2) is 0 Å². The summed E-state index contributed by atoms with van der Waals surface area (Å²) in [7, 11) is 0. The molecular weight excluding hydrogens is 370 g/mol. The molecule has 1 aliphatic rings. The van der Waals surface area contributed by atoms with Gasteiger partial charge in [0.1, 0.15) is 6.04 Å². The van der Waals surface area contributed by atoms with E-state index in [1.165, 1.54) is 17.7 Å². The molecule has 0 spiro atoms. The normalized spacial score (nSPS) is 14.0. The Balaban J connectivity index is 1.84. The van der Waals surface area contributed by atoms with Gasteiger partial charge < -0.3 is 16.0 Å². The summed E-state index contributed by atoms with van der Waals surface area (Å²) in [5.74, 6) is 0.0953. The van der Waals surface area contributed by atoms with Crippen LogP contribution in [0.1, 0.15) is 73.0 Å². The highest BCUT2D eigenvalue weighted by Crippen LogP contribution is 2.28. The molecule has 0 radical (unpaired) electrons. The minimum atomic E-state index is -0.491. The van der Waals surface area contributed by atoms with Crippen molar-refractivity contribution in [3.05, 3.63) is 27.5 Å². The van der Waals surface area contributed by atoms with Crippen LogP contribution in [-0.2, 0) is 11.2 Å². The van der Waals surface area contributed by atoms with Gasteiger partial charge in [-0.15, -0.1) is 11.3 Å². The fourth-order valence-electron chi connectivity index (χ4n) is 3.22. The topological polar surface area (TPSA) is 70.2 Å². The summed E-state index contributed by atoms with van der Waals surface area (Å²) in [4.78, 5) is 27.3. The Labute approximate surface area is 173 Å². The van der Waals surface area contributed by atoms with Crippen LogP contribution in [-0.4, -0.2) is 37.5 Å². The predicted octanol–water partition coefficient (Wildman–Crippen LogP) is 3.75. The van der Waals surface area contributed by atoms with Gasteiger partial charge >= 0.3 is 0 Å². The Morgan fingerprint density at radius 3 is 2.68 bits per heavy atom. The summed E-state index contributed by atoms with van der Waals surface area (Å²) in [6.07, 6.45) is 10.1. The first-order valence-corrected chi connectivity index (χ1v) is 11.4. The largest absolute Gasteiger partial charge is 0.354 e. The van der Waals surface area contributed by atoms with E-state index >= 15 is 0 Å². The Morgan fingerprint density at radius 2 is 1.96 bits per heavy atom. The molecule has 0 bridgehead atoms. The summed E-state index contributed by atoms with van der Waals surface area (Å²) in [5, 5.41) is 9.32. The van der Waals surface area contributed by atoms with Gasteiger partial charge in [0, 0.05) is 11.4 Å². The summed E-state index contributed by atoms with van der Waals surface area (Å²) < 4.78 is 0. The number of nitrogens with one attached hydrogen (secondary N) is 3. The van der Waals surface area contributed by atoms with Crippen molar-refractivity contribution in [1.82, 2.24) is 16.0 Å². The third kappa shape index (κ3) is 7.40. The first-order valence-electron chi connectivity index (χ1n) is 10.6. The molecule has 3 N–H and O–H groups in total. The SMILES string of the molecule is CCCCNCCCNC(=O)[C@H](CC(C)C)NC(=O)c1cc2c(s1)CCC=C2. The number of thiophene rings is 1. The van der Waals surface area contributed by atoms with E-state index in [1.54, 1.807) is 11.3 Å². The lowest BCUT2D eigenvalue weighted by Crippen LogP contribution is -2.47. The highest BCUT2D eigenvalue weighted by atomic mass is 32.1. The number of carbonyl (C=O) groups is 2. The highest BCUT2D eigenvalue weighted by molar-refractivity contribution is 7.14. The molecule has 0 saturated heterocycles. The van der Waals surface area contributed by atoms with Gasteiger partial charge in [-0.05, 0) is 62.7 Å². The fraction of sp³-hybridized carbons (Fsp3) is 0.636. The fourth-order valence-corrected chi connectivity index (χ4v) is 4.29. The van der Waals surface area contributed by atoms with Crippen LogP contribution in [0.5, 0.6) is 0 Å². The van der Waals surface area contributed by atoms with E-state index in [4.69, 9.17) is 0 Å². The van der Waals surface area contributed by atoms with E-state index in [2.05, 4.69) is 48.9 Å². The average molecular weight is 406 g/mol. The molecule has 156 valence electrons. The van der Waals surface area contributed by atoms with Crippen molar-refractivity contribution in [2.75, 3.05) is 19.6 Å². The van der Waals surface area contributed by atoms with Gasteiger partial charge in [-0.3, -0.25) is 9.59 Å². The summed E-state index contributed by atoms with van der Waals surface area (Å²) in [5.41, 5.74) is 1.14. The monoisotopic (exact) mass is 405 g/mol. The number of carbonyl (C=O) groups excluding carboxylic acids is 2. The molecule has 1 heterocycles. The first kappa shape index (κ1) is 22.6. The molecule has 1 atom stereocenters. The van der Waals surface area contributed by atoms with E-state index < -0.39 is 6.04 Å². The van der Waals surface area contributed by atoms with Gasteiger partial charge in [-0.1, -0.05) is 39.3 Å². The third-order valence-electron chi connectivity index (χ3n) is 4.77. The zero-order chi connectivity index (χ0) is 20.4. The highest BCUT2D eigenvalue weighted by Gasteiger charge is 2.24. The number of hydrogen-bond donors (Lipinski definition) is 3. The predicted molar refractivity (Wildman–Crippen MR) is 118 cm³/mol. The molecule has 0 fully saturated rings. The Bertz CT molecular complexity index is 667. The second-order valence-electron chi connectivity index (χ2n) is 7.83. The van der Waals surface area contributed by atoms with Crippen LogP contribution in [0.2, 0.25) is 0 Å². The second-order valence-corrected chi connectivity index (χ2v) is 8.97. The lowest BCUT2D eigenvalue weighted by molar-refractivity contribution is -0.123. The molecular formula is C22H35N3O2S. The maximum absolute atomic E-state index is 12.7.